The summed E-state index contributed by atoms with van der Waals surface area (Å²) in [6, 6.07) is 7.68. The van der Waals surface area contributed by atoms with Gasteiger partial charge in [-0.1, -0.05) is 49.3 Å². The van der Waals surface area contributed by atoms with E-state index in [4.69, 9.17) is 16.3 Å². The molecule has 3 aromatic rings. The number of aromatic nitrogens is 2. The summed E-state index contributed by atoms with van der Waals surface area (Å²) in [7, 11) is 0. The normalized spacial score (nSPS) is 12.5. The van der Waals surface area contributed by atoms with E-state index in [0.717, 1.165) is 26.4 Å². The summed E-state index contributed by atoms with van der Waals surface area (Å²) in [6.07, 6.45) is 1.54. The molecular weight excluding hydrogens is 388 g/mol. The van der Waals surface area contributed by atoms with Crippen LogP contribution in [0.5, 0.6) is 0 Å². The lowest BCUT2D eigenvalue weighted by atomic mass is 10.1. The average Bonchev–Trinajstić information content (AvgIpc) is 3.05. The van der Waals surface area contributed by atoms with Crippen molar-refractivity contribution in [3.8, 4) is 11.1 Å². The summed E-state index contributed by atoms with van der Waals surface area (Å²) in [6.45, 7) is 6.30. The van der Waals surface area contributed by atoms with Gasteiger partial charge in [0.2, 0.25) is 0 Å². The largest absolute Gasteiger partial charge is 0.465 e. The number of ether oxygens (including phenoxy) is 1. The molecule has 0 radical (unpaired) electrons. The number of carbonyl (C=O) groups is 1. The SMILES string of the molecule is CC(C)COC(=O)[C@H](C)Sc1ncnc2scc(-c3ccc(Cl)cc3)c12. The quantitative estimate of drug-likeness (QED) is 0.299. The molecule has 0 amide bonds. The van der Waals surface area contributed by atoms with Crippen LogP contribution >= 0.6 is 34.7 Å². The molecule has 26 heavy (non-hydrogen) atoms. The van der Waals surface area contributed by atoms with Crippen LogP contribution in [0.4, 0.5) is 0 Å². The number of thiophene rings is 1. The standard InChI is InChI=1S/C19H19ClN2O2S2/c1-11(2)8-24-19(23)12(3)26-18-16-15(9-25-17(16)21-10-22-18)13-4-6-14(20)7-5-13/h4-7,9-12H,8H2,1-3H3/t12-/m0/s1. The Hall–Kier alpha value is -1.63. The van der Waals surface area contributed by atoms with E-state index in [9.17, 15) is 4.79 Å². The van der Waals surface area contributed by atoms with E-state index < -0.39 is 0 Å². The van der Waals surface area contributed by atoms with Crippen LogP contribution in [0.15, 0.2) is 41.0 Å². The third kappa shape index (κ3) is 4.37. The van der Waals surface area contributed by atoms with Crippen molar-refractivity contribution in [3.63, 3.8) is 0 Å². The number of thioether (sulfide) groups is 1. The fourth-order valence-corrected chi connectivity index (χ4v) is 4.40. The minimum absolute atomic E-state index is 0.223. The predicted molar refractivity (Wildman–Crippen MR) is 109 cm³/mol. The highest BCUT2D eigenvalue weighted by Crippen LogP contribution is 2.39. The van der Waals surface area contributed by atoms with Gasteiger partial charge in [-0.15, -0.1) is 11.3 Å². The number of hydrogen-bond donors (Lipinski definition) is 0. The molecule has 0 saturated carbocycles. The Morgan fingerprint density at radius 1 is 1.23 bits per heavy atom. The first-order valence-electron chi connectivity index (χ1n) is 8.27. The summed E-state index contributed by atoms with van der Waals surface area (Å²) >= 11 is 8.97. The number of nitrogens with zero attached hydrogens (tertiary/aromatic N) is 2. The molecule has 3 rings (SSSR count). The zero-order valence-electron chi connectivity index (χ0n) is 14.7. The van der Waals surface area contributed by atoms with Gasteiger partial charge in [-0.25, -0.2) is 9.97 Å². The fourth-order valence-electron chi connectivity index (χ4n) is 2.36. The molecule has 4 nitrogen and oxygen atoms in total. The van der Waals surface area contributed by atoms with Crippen LogP contribution in [0, 0.1) is 5.92 Å². The topological polar surface area (TPSA) is 52.1 Å². The van der Waals surface area contributed by atoms with E-state index in [1.54, 1.807) is 17.7 Å². The third-order valence-electron chi connectivity index (χ3n) is 3.67. The van der Waals surface area contributed by atoms with E-state index >= 15 is 0 Å². The number of fused-ring (bicyclic) bond motifs is 1. The van der Waals surface area contributed by atoms with Gasteiger partial charge < -0.3 is 4.74 Å². The number of rotatable bonds is 6. The Balaban J connectivity index is 1.90. The second kappa shape index (κ2) is 8.37. The molecule has 0 fully saturated rings. The maximum Gasteiger partial charge on any atom is 0.319 e. The first-order chi connectivity index (χ1) is 12.5. The van der Waals surface area contributed by atoms with Gasteiger partial charge in [-0.3, -0.25) is 4.79 Å². The Labute approximate surface area is 166 Å². The Kier molecular flexibility index (Phi) is 6.16. The van der Waals surface area contributed by atoms with Gasteiger partial charge in [0.05, 0.1) is 12.0 Å². The number of hydrogen-bond acceptors (Lipinski definition) is 6. The predicted octanol–water partition coefficient (Wildman–Crippen LogP) is 5.69. The highest BCUT2D eigenvalue weighted by molar-refractivity contribution is 8.00. The molecule has 0 bridgehead atoms. The Morgan fingerprint density at radius 3 is 2.65 bits per heavy atom. The number of benzene rings is 1. The van der Waals surface area contributed by atoms with Crippen LogP contribution in [0.25, 0.3) is 21.3 Å². The van der Waals surface area contributed by atoms with Crippen molar-refractivity contribution in [2.75, 3.05) is 6.61 Å². The van der Waals surface area contributed by atoms with Crippen molar-refractivity contribution in [1.82, 2.24) is 9.97 Å². The smallest absolute Gasteiger partial charge is 0.319 e. The molecule has 0 aliphatic heterocycles. The van der Waals surface area contributed by atoms with Crippen molar-refractivity contribution in [2.24, 2.45) is 5.92 Å². The van der Waals surface area contributed by atoms with E-state index in [0.29, 0.717) is 17.5 Å². The van der Waals surface area contributed by atoms with Crippen molar-refractivity contribution in [1.29, 1.82) is 0 Å². The molecule has 1 aromatic carbocycles. The monoisotopic (exact) mass is 406 g/mol. The Bertz CT molecular complexity index is 910. The Morgan fingerprint density at radius 2 is 1.96 bits per heavy atom. The summed E-state index contributed by atoms with van der Waals surface area (Å²) < 4.78 is 5.34. The van der Waals surface area contributed by atoms with Crippen LogP contribution in [0.3, 0.4) is 0 Å². The second-order valence-corrected chi connectivity index (χ2v) is 8.92. The van der Waals surface area contributed by atoms with Gasteiger partial charge in [0.25, 0.3) is 0 Å². The molecule has 0 N–H and O–H groups in total. The first kappa shape index (κ1) is 19.1. The van der Waals surface area contributed by atoms with Crippen molar-refractivity contribution >= 4 is 50.9 Å². The van der Waals surface area contributed by atoms with Gasteiger partial charge in [0, 0.05) is 16.0 Å². The average molecular weight is 407 g/mol. The van der Waals surface area contributed by atoms with E-state index in [-0.39, 0.29) is 11.2 Å². The zero-order valence-corrected chi connectivity index (χ0v) is 17.1. The molecule has 0 aliphatic carbocycles. The number of halogens is 1. The van der Waals surface area contributed by atoms with Crippen molar-refractivity contribution in [2.45, 2.75) is 31.0 Å². The highest BCUT2D eigenvalue weighted by Gasteiger charge is 2.21. The second-order valence-electron chi connectivity index (χ2n) is 6.30. The van der Waals surface area contributed by atoms with Crippen molar-refractivity contribution in [3.05, 3.63) is 41.0 Å². The zero-order chi connectivity index (χ0) is 18.7. The van der Waals surface area contributed by atoms with Gasteiger partial charge in [-0.05, 0) is 30.5 Å². The lowest BCUT2D eigenvalue weighted by molar-refractivity contribution is -0.143. The van der Waals surface area contributed by atoms with Gasteiger partial charge in [0.1, 0.15) is 21.4 Å². The maximum atomic E-state index is 12.2. The minimum atomic E-state index is -0.343. The summed E-state index contributed by atoms with van der Waals surface area (Å²) in [5.41, 5.74) is 2.10. The minimum Gasteiger partial charge on any atom is -0.465 e. The lowest BCUT2D eigenvalue weighted by Gasteiger charge is -2.13. The van der Waals surface area contributed by atoms with Crippen LogP contribution in [0.1, 0.15) is 20.8 Å². The summed E-state index contributed by atoms with van der Waals surface area (Å²) in [5, 5.41) is 4.17. The van der Waals surface area contributed by atoms with Crippen LogP contribution in [-0.2, 0) is 9.53 Å². The molecule has 0 unspecified atom stereocenters. The molecule has 1 atom stereocenters. The maximum absolute atomic E-state index is 12.2. The first-order valence-corrected chi connectivity index (χ1v) is 10.4. The number of esters is 1. The molecule has 2 aromatic heterocycles. The van der Waals surface area contributed by atoms with E-state index in [2.05, 4.69) is 15.3 Å². The van der Waals surface area contributed by atoms with Gasteiger partial charge >= 0.3 is 5.97 Å². The molecular formula is C19H19ClN2O2S2. The summed E-state index contributed by atoms with van der Waals surface area (Å²) in [4.78, 5) is 21.9. The van der Waals surface area contributed by atoms with Crippen LogP contribution < -0.4 is 0 Å². The molecule has 7 heteroatoms. The molecule has 2 heterocycles. The molecule has 136 valence electrons. The van der Waals surface area contributed by atoms with Crippen molar-refractivity contribution < 1.29 is 9.53 Å². The number of carbonyl (C=O) groups excluding carboxylic acids is 1. The molecule has 0 saturated heterocycles. The van der Waals surface area contributed by atoms with E-state index in [1.165, 1.54) is 11.8 Å². The summed E-state index contributed by atoms with van der Waals surface area (Å²) in [5.74, 6) is 0.0917. The van der Waals surface area contributed by atoms with Crippen LogP contribution in [-0.4, -0.2) is 27.8 Å². The van der Waals surface area contributed by atoms with Crippen LogP contribution in [0.2, 0.25) is 5.02 Å². The molecule has 0 aliphatic rings. The fraction of sp³-hybridized carbons (Fsp3) is 0.316. The van der Waals surface area contributed by atoms with E-state index in [1.807, 2.05) is 45.0 Å². The molecule has 0 spiro atoms. The lowest BCUT2D eigenvalue weighted by Crippen LogP contribution is -2.19. The highest BCUT2D eigenvalue weighted by atomic mass is 35.5. The third-order valence-corrected chi connectivity index (χ3v) is 5.89. The van der Waals surface area contributed by atoms with Gasteiger partial charge in [0.15, 0.2) is 0 Å². The van der Waals surface area contributed by atoms with Gasteiger partial charge in [-0.2, -0.15) is 0 Å².